The lowest BCUT2D eigenvalue weighted by Crippen LogP contribution is -2.30. The van der Waals surface area contributed by atoms with Gasteiger partial charge in [-0.1, -0.05) is 23.9 Å². The van der Waals surface area contributed by atoms with Crippen molar-refractivity contribution >= 4 is 22.8 Å². The van der Waals surface area contributed by atoms with Crippen molar-refractivity contribution in [2.45, 2.75) is 45.1 Å². The molecule has 5 nitrogen and oxygen atoms in total. The first-order valence-electron chi connectivity index (χ1n) is 8.07. The minimum atomic E-state index is -1.28. The van der Waals surface area contributed by atoms with Crippen molar-refractivity contribution in [1.82, 2.24) is 0 Å². The van der Waals surface area contributed by atoms with Gasteiger partial charge in [-0.2, -0.15) is 0 Å². The molecule has 0 heterocycles. The highest BCUT2D eigenvalue weighted by molar-refractivity contribution is 8.13. The zero-order valence-corrected chi connectivity index (χ0v) is 15.4. The number of methoxy groups -OCH3 is 1. The van der Waals surface area contributed by atoms with Gasteiger partial charge in [-0.05, 0) is 43.9 Å². The maximum Gasteiger partial charge on any atom is 0.309 e. The van der Waals surface area contributed by atoms with Gasteiger partial charge in [0.25, 0.3) is 0 Å². The molecule has 24 heavy (non-hydrogen) atoms. The standard InChI is InChI=1S/C18H26O5S/c1-4-23-17(20)13-18(21,11-5-6-12-24-14(2)19)15-7-9-16(22-3)10-8-15/h7-10,21H,4-6,11-13H2,1-3H3. The van der Waals surface area contributed by atoms with Crippen LogP contribution in [-0.4, -0.2) is 35.7 Å². The third-order valence-electron chi connectivity index (χ3n) is 3.66. The molecule has 0 aromatic heterocycles. The minimum absolute atomic E-state index is 0.0898. The van der Waals surface area contributed by atoms with E-state index in [4.69, 9.17) is 9.47 Å². The Labute approximate surface area is 147 Å². The number of hydrogen-bond acceptors (Lipinski definition) is 6. The van der Waals surface area contributed by atoms with Gasteiger partial charge in [-0.25, -0.2) is 0 Å². The molecule has 0 spiro atoms. The fourth-order valence-electron chi connectivity index (χ4n) is 2.42. The smallest absolute Gasteiger partial charge is 0.309 e. The third-order valence-corrected chi connectivity index (χ3v) is 4.56. The van der Waals surface area contributed by atoms with Gasteiger partial charge in [-0.15, -0.1) is 0 Å². The number of rotatable bonds is 10. The molecule has 1 rings (SSSR count). The van der Waals surface area contributed by atoms with E-state index in [2.05, 4.69) is 0 Å². The lowest BCUT2D eigenvalue weighted by atomic mass is 9.85. The van der Waals surface area contributed by atoms with Crippen LogP contribution in [0.5, 0.6) is 5.75 Å². The van der Waals surface area contributed by atoms with Crippen molar-refractivity contribution in [2.24, 2.45) is 0 Å². The molecule has 0 saturated heterocycles. The minimum Gasteiger partial charge on any atom is -0.497 e. The van der Waals surface area contributed by atoms with Gasteiger partial charge in [0.15, 0.2) is 5.12 Å². The van der Waals surface area contributed by atoms with Crippen LogP contribution in [0.15, 0.2) is 24.3 Å². The second-order valence-corrected chi connectivity index (χ2v) is 6.81. The van der Waals surface area contributed by atoms with Crippen LogP contribution in [0.4, 0.5) is 0 Å². The number of esters is 1. The highest BCUT2D eigenvalue weighted by Crippen LogP contribution is 2.32. The summed E-state index contributed by atoms with van der Waals surface area (Å²) in [6, 6.07) is 7.05. The molecular formula is C18H26O5S. The Morgan fingerprint density at radius 2 is 1.88 bits per heavy atom. The Hall–Kier alpha value is -1.53. The molecule has 0 fully saturated rings. The molecule has 1 atom stereocenters. The molecule has 0 aliphatic heterocycles. The van der Waals surface area contributed by atoms with E-state index < -0.39 is 11.6 Å². The number of thioether (sulfide) groups is 1. The molecule has 0 bridgehead atoms. The van der Waals surface area contributed by atoms with Crippen molar-refractivity contribution in [3.05, 3.63) is 29.8 Å². The van der Waals surface area contributed by atoms with Crippen molar-refractivity contribution in [3.63, 3.8) is 0 Å². The highest BCUT2D eigenvalue weighted by atomic mass is 32.2. The fourth-order valence-corrected chi connectivity index (χ4v) is 3.06. The van der Waals surface area contributed by atoms with Gasteiger partial charge in [0, 0.05) is 12.7 Å². The van der Waals surface area contributed by atoms with Gasteiger partial charge in [-0.3, -0.25) is 9.59 Å². The van der Waals surface area contributed by atoms with E-state index in [0.717, 1.165) is 6.42 Å². The summed E-state index contributed by atoms with van der Waals surface area (Å²) in [6.45, 7) is 3.56. The average molecular weight is 354 g/mol. The largest absolute Gasteiger partial charge is 0.497 e. The molecule has 0 aliphatic carbocycles. The summed E-state index contributed by atoms with van der Waals surface area (Å²) in [6.07, 6.45) is 1.84. The van der Waals surface area contributed by atoms with Gasteiger partial charge in [0.05, 0.1) is 20.1 Å². The van der Waals surface area contributed by atoms with E-state index in [0.29, 0.717) is 29.9 Å². The predicted octanol–water partition coefficient (Wildman–Crippen LogP) is 3.29. The van der Waals surface area contributed by atoms with E-state index in [1.807, 2.05) is 0 Å². The zero-order valence-electron chi connectivity index (χ0n) is 14.5. The molecule has 1 unspecified atom stereocenters. The monoisotopic (exact) mass is 354 g/mol. The average Bonchev–Trinajstić information content (AvgIpc) is 2.54. The zero-order chi connectivity index (χ0) is 18.0. The molecule has 0 aliphatic rings. The molecule has 1 N–H and O–H groups in total. The number of hydrogen-bond donors (Lipinski definition) is 1. The second-order valence-electron chi connectivity index (χ2n) is 5.54. The van der Waals surface area contributed by atoms with E-state index in [1.165, 1.54) is 11.8 Å². The Kier molecular flexibility index (Phi) is 8.85. The van der Waals surface area contributed by atoms with Crippen LogP contribution < -0.4 is 4.74 Å². The fraction of sp³-hybridized carbons (Fsp3) is 0.556. The van der Waals surface area contributed by atoms with E-state index in [-0.39, 0.29) is 18.1 Å². The normalized spacial score (nSPS) is 13.2. The van der Waals surface area contributed by atoms with Crippen LogP contribution in [0.25, 0.3) is 0 Å². The predicted molar refractivity (Wildman–Crippen MR) is 95.1 cm³/mol. The van der Waals surface area contributed by atoms with Crippen molar-refractivity contribution in [1.29, 1.82) is 0 Å². The number of carbonyl (C=O) groups is 2. The SMILES string of the molecule is CCOC(=O)CC(O)(CCCCSC(C)=O)c1ccc(OC)cc1. The Balaban J connectivity index is 2.77. The first kappa shape index (κ1) is 20.5. The summed E-state index contributed by atoms with van der Waals surface area (Å²) in [5.74, 6) is 0.983. The summed E-state index contributed by atoms with van der Waals surface area (Å²) < 4.78 is 10.1. The number of benzene rings is 1. The van der Waals surface area contributed by atoms with Crippen LogP contribution in [0.1, 0.15) is 45.1 Å². The summed E-state index contributed by atoms with van der Waals surface area (Å²) in [4.78, 5) is 22.8. The topological polar surface area (TPSA) is 72.8 Å². The van der Waals surface area contributed by atoms with Crippen LogP contribution in [0.2, 0.25) is 0 Å². The molecule has 0 radical (unpaired) electrons. The van der Waals surface area contributed by atoms with E-state index in [1.54, 1.807) is 45.2 Å². The van der Waals surface area contributed by atoms with Gasteiger partial charge in [0.2, 0.25) is 0 Å². The lowest BCUT2D eigenvalue weighted by Gasteiger charge is -2.28. The Bertz CT molecular complexity index is 529. The summed E-state index contributed by atoms with van der Waals surface area (Å²) in [7, 11) is 1.58. The maximum atomic E-state index is 11.9. The Morgan fingerprint density at radius 3 is 2.42 bits per heavy atom. The molecule has 0 amide bonds. The van der Waals surface area contributed by atoms with Crippen LogP contribution in [-0.2, 0) is 19.9 Å². The molecule has 134 valence electrons. The Morgan fingerprint density at radius 1 is 1.21 bits per heavy atom. The second kappa shape index (κ2) is 10.4. The molecule has 1 aromatic rings. The lowest BCUT2D eigenvalue weighted by molar-refractivity contribution is -0.149. The van der Waals surface area contributed by atoms with Gasteiger partial charge >= 0.3 is 5.97 Å². The van der Waals surface area contributed by atoms with Crippen LogP contribution in [0, 0.1) is 0 Å². The summed E-state index contributed by atoms with van der Waals surface area (Å²) in [5.41, 5.74) is -0.616. The van der Waals surface area contributed by atoms with Crippen molar-refractivity contribution in [2.75, 3.05) is 19.5 Å². The molecule has 6 heteroatoms. The van der Waals surface area contributed by atoms with Gasteiger partial charge in [0.1, 0.15) is 11.4 Å². The van der Waals surface area contributed by atoms with Crippen LogP contribution in [0.3, 0.4) is 0 Å². The third kappa shape index (κ3) is 6.93. The first-order valence-corrected chi connectivity index (χ1v) is 9.05. The van der Waals surface area contributed by atoms with Crippen molar-refractivity contribution < 1.29 is 24.2 Å². The summed E-state index contributed by atoms with van der Waals surface area (Å²) in [5, 5.41) is 11.1. The van der Waals surface area contributed by atoms with E-state index in [9.17, 15) is 14.7 Å². The summed E-state index contributed by atoms with van der Waals surface area (Å²) >= 11 is 1.28. The number of unbranched alkanes of at least 4 members (excludes halogenated alkanes) is 1. The molecule has 1 aromatic carbocycles. The van der Waals surface area contributed by atoms with Crippen LogP contribution >= 0.6 is 11.8 Å². The maximum absolute atomic E-state index is 11.9. The number of carbonyl (C=O) groups excluding carboxylic acids is 2. The first-order chi connectivity index (χ1) is 11.4. The quantitative estimate of drug-likeness (QED) is 0.513. The van der Waals surface area contributed by atoms with E-state index >= 15 is 0 Å². The number of aliphatic hydroxyl groups is 1. The molecule has 0 saturated carbocycles. The highest BCUT2D eigenvalue weighted by Gasteiger charge is 2.32. The molecular weight excluding hydrogens is 328 g/mol. The van der Waals surface area contributed by atoms with Crippen molar-refractivity contribution in [3.8, 4) is 5.75 Å². The number of ether oxygens (including phenoxy) is 2. The van der Waals surface area contributed by atoms with Gasteiger partial charge < -0.3 is 14.6 Å².